The molecule has 1 amide bonds. The zero-order chi connectivity index (χ0) is 17.5. The quantitative estimate of drug-likeness (QED) is 0.612. The predicted molar refractivity (Wildman–Crippen MR) is 99.6 cm³/mol. The Labute approximate surface area is 149 Å². The molecule has 0 atom stereocenters. The van der Waals surface area contributed by atoms with Gasteiger partial charge in [0.25, 0.3) is 0 Å². The highest BCUT2D eigenvalue weighted by Gasteiger charge is 2.26. The van der Waals surface area contributed by atoms with Crippen LogP contribution in [-0.2, 0) is 4.79 Å². The van der Waals surface area contributed by atoms with E-state index >= 15 is 0 Å². The Bertz CT molecular complexity index is 627. The van der Waals surface area contributed by atoms with Gasteiger partial charge in [-0.15, -0.1) is 0 Å². The highest BCUT2D eigenvalue weighted by molar-refractivity contribution is 5.88. The van der Waals surface area contributed by atoms with E-state index in [1.165, 1.54) is 38.2 Å². The molecule has 3 rings (SSSR count). The summed E-state index contributed by atoms with van der Waals surface area (Å²) in [7, 11) is 0. The summed E-state index contributed by atoms with van der Waals surface area (Å²) in [6, 6.07) is 7.33. The Balaban J connectivity index is 1.45. The van der Waals surface area contributed by atoms with E-state index < -0.39 is 0 Å². The van der Waals surface area contributed by atoms with Gasteiger partial charge in [-0.05, 0) is 18.9 Å². The summed E-state index contributed by atoms with van der Waals surface area (Å²) in [5.41, 5.74) is 0.528. The number of carbonyl (C=O) groups is 1. The summed E-state index contributed by atoms with van der Waals surface area (Å²) in [4.78, 5) is 16.7. The fourth-order valence-corrected chi connectivity index (χ4v) is 3.77. The van der Waals surface area contributed by atoms with Gasteiger partial charge in [-0.3, -0.25) is 9.69 Å². The molecule has 134 valence electrons. The lowest BCUT2D eigenvalue weighted by Gasteiger charge is -2.40. The van der Waals surface area contributed by atoms with Gasteiger partial charge in [0.1, 0.15) is 5.82 Å². The molecule has 1 heterocycles. The molecule has 0 unspecified atom stereocenters. The van der Waals surface area contributed by atoms with Gasteiger partial charge in [-0.25, -0.2) is 4.39 Å². The standard InChI is InChI=1S/C21H27FN2O/c22-20-12-6-4-8-18(20)9-5-7-13-21(25)24-16-14-23(15-17-24)19-10-2-1-3-11-19/h4-9,12-13,19H,1-3,10-11,14-17H2. The Morgan fingerprint density at radius 3 is 2.44 bits per heavy atom. The molecule has 1 aliphatic heterocycles. The minimum Gasteiger partial charge on any atom is -0.337 e. The van der Waals surface area contributed by atoms with Crippen molar-refractivity contribution in [2.24, 2.45) is 0 Å². The zero-order valence-electron chi connectivity index (χ0n) is 14.7. The average molecular weight is 342 g/mol. The summed E-state index contributed by atoms with van der Waals surface area (Å²) in [5.74, 6) is -0.209. The molecule has 1 aromatic carbocycles. The first-order valence-corrected chi connectivity index (χ1v) is 9.36. The lowest BCUT2D eigenvalue weighted by atomic mass is 9.94. The van der Waals surface area contributed by atoms with Gasteiger partial charge < -0.3 is 4.90 Å². The van der Waals surface area contributed by atoms with Crippen LogP contribution >= 0.6 is 0 Å². The van der Waals surface area contributed by atoms with Crippen LogP contribution in [0.15, 0.2) is 42.5 Å². The fraction of sp³-hybridized carbons (Fsp3) is 0.476. The van der Waals surface area contributed by atoms with Gasteiger partial charge in [0, 0.05) is 43.9 Å². The van der Waals surface area contributed by atoms with Crippen molar-refractivity contribution in [3.63, 3.8) is 0 Å². The highest BCUT2D eigenvalue weighted by atomic mass is 19.1. The van der Waals surface area contributed by atoms with Crippen LogP contribution in [0, 0.1) is 5.82 Å². The van der Waals surface area contributed by atoms with Crippen molar-refractivity contribution in [3.05, 3.63) is 53.9 Å². The van der Waals surface area contributed by atoms with Crippen LogP contribution in [0.1, 0.15) is 37.7 Å². The van der Waals surface area contributed by atoms with Gasteiger partial charge >= 0.3 is 0 Å². The maximum absolute atomic E-state index is 13.5. The summed E-state index contributed by atoms with van der Waals surface area (Å²) >= 11 is 0. The van der Waals surface area contributed by atoms with E-state index in [4.69, 9.17) is 0 Å². The number of benzene rings is 1. The second-order valence-electron chi connectivity index (χ2n) is 6.89. The van der Waals surface area contributed by atoms with Crippen molar-refractivity contribution in [3.8, 4) is 0 Å². The van der Waals surface area contributed by atoms with Crippen molar-refractivity contribution >= 4 is 12.0 Å². The highest BCUT2D eigenvalue weighted by Crippen LogP contribution is 2.23. The minimum absolute atomic E-state index is 0.0430. The molecule has 2 aliphatic rings. The lowest BCUT2D eigenvalue weighted by Crippen LogP contribution is -2.52. The largest absolute Gasteiger partial charge is 0.337 e. The molecule has 1 aliphatic carbocycles. The maximum Gasteiger partial charge on any atom is 0.246 e. The number of amides is 1. The minimum atomic E-state index is -0.252. The van der Waals surface area contributed by atoms with Gasteiger partial charge in [-0.2, -0.15) is 0 Å². The van der Waals surface area contributed by atoms with Crippen molar-refractivity contribution in [2.45, 2.75) is 38.1 Å². The average Bonchev–Trinajstić information content (AvgIpc) is 2.67. The van der Waals surface area contributed by atoms with Crippen molar-refractivity contribution in [2.75, 3.05) is 26.2 Å². The lowest BCUT2D eigenvalue weighted by molar-refractivity contribution is -0.128. The first-order valence-electron chi connectivity index (χ1n) is 9.36. The molecule has 2 fully saturated rings. The summed E-state index contributed by atoms with van der Waals surface area (Å²) < 4.78 is 13.5. The molecule has 0 radical (unpaired) electrons. The van der Waals surface area contributed by atoms with E-state index in [1.807, 2.05) is 4.90 Å². The molecule has 25 heavy (non-hydrogen) atoms. The topological polar surface area (TPSA) is 23.6 Å². The molecule has 3 nitrogen and oxygen atoms in total. The third-order valence-electron chi connectivity index (χ3n) is 5.25. The van der Waals surface area contributed by atoms with Gasteiger partial charge in [0.15, 0.2) is 0 Å². The molecule has 0 N–H and O–H groups in total. The van der Waals surface area contributed by atoms with Crippen LogP contribution < -0.4 is 0 Å². The molecule has 1 aromatic rings. The Morgan fingerprint density at radius 2 is 1.72 bits per heavy atom. The van der Waals surface area contributed by atoms with Crippen LogP contribution in [-0.4, -0.2) is 47.9 Å². The summed E-state index contributed by atoms with van der Waals surface area (Å²) in [6.45, 7) is 3.57. The molecular weight excluding hydrogens is 315 g/mol. The van der Waals surface area contributed by atoms with Gasteiger partial charge in [-0.1, -0.05) is 55.7 Å². The number of hydrogen-bond donors (Lipinski definition) is 0. The third-order valence-corrected chi connectivity index (χ3v) is 5.25. The first kappa shape index (κ1) is 17.9. The Hall–Kier alpha value is -1.94. The number of allylic oxidation sites excluding steroid dienone is 2. The number of rotatable bonds is 4. The zero-order valence-corrected chi connectivity index (χ0v) is 14.7. The van der Waals surface area contributed by atoms with Crippen molar-refractivity contribution in [1.82, 2.24) is 9.80 Å². The van der Waals surface area contributed by atoms with Crippen LogP contribution in [0.3, 0.4) is 0 Å². The molecule has 4 heteroatoms. The molecule has 0 bridgehead atoms. The third kappa shape index (κ3) is 5.02. The maximum atomic E-state index is 13.5. The summed E-state index contributed by atoms with van der Waals surface area (Å²) in [6.07, 6.45) is 13.4. The van der Waals surface area contributed by atoms with E-state index in [-0.39, 0.29) is 11.7 Å². The molecule has 1 saturated heterocycles. The van der Waals surface area contributed by atoms with E-state index in [9.17, 15) is 9.18 Å². The van der Waals surface area contributed by atoms with E-state index in [0.29, 0.717) is 5.56 Å². The van der Waals surface area contributed by atoms with Gasteiger partial charge in [0.05, 0.1) is 0 Å². The number of hydrogen-bond acceptors (Lipinski definition) is 2. The van der Waals surface area contributed by atoms with Crippen LogP contribution in [0.25, 0.3) is 6.08 Å². The van der Waals surface area contributed by atoms with Gasteiger partial charge in [0.2, 0.25) is 5.91 Å². The molecular formula is C21H27FN2O. The summed E-state index contributed by atoms with van der Waals surface area (Å²) in [5, 5.41) is 0. The van der Waals surface area contributed by atoms with Crippen LogP contribution in [0.2, 0.25) is 0 Å². The molecule has 0 spiro atoms. The number of piperazine rings is 1. The Kier molecular flexibility index (Phi) is 6.40. The second kappa shape index (κ2) is 8.95. The monoisotopic (exact) mass is 342 g/mol. The Morgan fingerprint density at radius 1 is 1.00 bits per heavy atom. The van der Waals surface area contributed by atoms with Crippen molar-refractivity contribution < 1.29 is 9.18 Å². The normalized spacial score (nSPS) is 20.6. The molecule has 1 saturated carbocycles. The van der Waals surface area contributed by atoms with E-state index in [2.05, 4.69) is 4.90 Å². The second-order valence-corrected chi connectivity index (χ2v) is 6.89. The van der Waals surface area contributed by atoms with Crippen LogP contribution in [0.5, 0.6) is 0 Å². The first-order chi connectivity index (χ1) is 12.2. The number of carbonyl (C=O) groups excluding carboxylic acids is 1. The van der Waals surface area contributed by atoms with E-state index in [1.54, 1.807) is 42.5 Å². The van der Waals surface area contributed by atoms with Crippen molar-refractivity contribution in [1.29, 1.82) is 0 Å². The molecule has 0 aromatic heterocycles. The van der Waals surface area contributed by atoms with E-state index in [0.717, 1.165) is 32.2 Å². The SMILES string of the molecule is O=C(C=CC=Cc1ccccc1F)N1CCN(C2CCCCC2)CC1. The smallest absolute Gasteiger partial charge is 0.246 e. The predicted octanol–water partition coefficient (Wildman–Crippen LogP) is 3.87. The number of halogens is 1. The number of nitrogens with zero attached hydrogens (tertiary/aromatic N) is 2. The van der Waals surface area contributed by atoms with Crippen LogP contribution in [0.4, 0.5) is 4.39 Å². The fourth-order valence-electron chi connectivity index (χ4n) is 3.77.